The number of nitrogens with zero attached hydrogens (tertiary/aromatic N) is 2. The van der Waals surface area contributed by atoms with Gasteiger partial charge in [0.15, 0.2) is 5.75 Å². The molecule has 0 amide bonds. The molecule has 2 rings (SSSR count). The molecule has 0 spiro atoms. The highest BCUT2D eigenvalue weighted by Crippen LogP contribution is 2.17. The van der Waals surface area contributed by atoms with E-state index in [-0.39, 0.29) is 0 Å². The van der Waals surface area contributed by atoms with Crippen LogP contribution in [0.3, 0.4) is 0 Å². The SMILES string of the molecule is CCn1cc(OCc2cc(CNCC(C)C)c(C)o2)cn1. The second kappa shape index (κ2) is 7.31. The summed E-state index contributed by atoms with van der Waals surface area (Å²) in [6.45, 7) is 11.5. The Morgan fingerprint density at radius 1 is 1.43 bits per heavy atom. The first kappa shape index (κ1) is 15.6. The zero-order chi connectivity index (χ0) is 15.2. The van der Waals surface area contributed by atoms with Crippen molar-refractivity contribution in [1.29, 1.82) is 0 Å². The van der Waals surface area contributed by atoms with Crippen molar-refractivity contribution in [3.05, 3.63) is 35.5 Å². The van der Waals surface area contributed by atoms with Gasteiger partial charge in [-0.25, -0.2) is 0 Å². The van der Waals surface area contributed by atoms with E-state index in [0.717, 1.165) is 36.9 Å². The Bertz CT molecular complexity index is 558. The fraction of sp³-hybridized carbons (Fsp3) is 0.562. The molecule has 2 aromatic heterocycles. The first-order chi connectivity index (χ1) is 10.1. The molecule has 1 N–H and O–H groups in total. The molecule has 0 aliphatic rings. The van der Waals surface area contributed by atoms with Crippen LogP contribution in [0.5, 0.6) is 5.75 Å². The Hall–Kier alpha value is -1.75. The summed E-state index contributed by atoms with van der Waals surface area (Å²) in [6.07, 6.45) is 3.62. The summed E-state index contributed by atoms with van der Waals surface area (Å²) >= 11 is 0. The zero-order valence-electron chi connectivity index (χ0n) is 13.3. The summed E-state index contributed by atoms with van der Waals surface area (Å²) in [5.74, 6) is 3.22. The lowest BCUT2D eigenvalue weighted by Gasteiger charge is -2.05. The van der Waals surface area contributed by atoms with Gasteiger partial charge in [-0.15, -0.1) is 0 Å². The summed E-state index contributed by atoms with van der Waals surface area (Å²) in [7, 11) is 0. The quantitative estimate of drug-likeness (QED) is 0.812. The first-order valence-electron chi connectivity index (χ1n) is 7.52. The van der Waals surface area contributed by atoms with Crippen molar-refractivity contribution in [2.75, 3.05) is 6.54 Å². The molecule has 0 radical (unpaired) electrons. The van der Waals surface area contributed by atoms with Crippen LogP contribution in [0.15, 0.2) is 22.9 Å². The molecule has 0 atom stereocenters. The predicted molar refractivity (Wildman–Crippen MR) is 82.2 cm³/mol. The van der Waals surface area contributed by atoms with Gasteiger partial charge in [-0.1, -0.05) is 13.8 Å². The summed E-state index contributed by atoms with van der Waals surface area (Å²) in [6, 6.07) is 2.06. The van der Waals surface area contributed by atoms with E-state index in [9.17, 15) is 0 Å². The van der Waals surface area contributed by atoms with Crippen LogP contribution in [0.4, 0.5) is 0 Å². The largest absolute Gasteiger partial charge is 0.482 e. The standard InChI is InChI=1S/C16H25N3O2/c1-5-19-10-16(9-18-19)20-11-15-6-14(13(4)21-15)8-17-7-12(2)3/h6,9-10,12,17H,5,7-8,11H2,1-4H3. The highest BCUT2D eigenvalue weighted by atomic mass is 16.5. The Labute approximate surface area is 126 Å². The molecule has 21 heavy (non-hydrogen) atoms. The van der Waals surface area contributed by atoms with Gasteiger partial charge < -0.3 is 14.5 Å². The molecule has 2 aromatic rings. The topological polar surface area (TPSA) is 52.2 Å². The Morgan fingerprint density at radius 2 is 2.24 bits per heavy atom. The van der Waals surface area contributed by atoms with E-state index >= 15 is 0 Å². The Kier molecular flexibility index (Phi) is 5.44. The predicted octanol–water partition coefficient (Wildman–Crippen LogP) is 3.13. The molecule has 0 saturated carbocycles. The minimum absolute atomic E-state index is 0.431. The van der Waals surface area contributed by atoms with Crippen LogP contribution in [0.2, 0.25) is 0 Å². The molecular weight excluding hydrogens is 266 g/mol. The van der Waals surface area contributed by atoms with Gasteiger partial charge in [-0.05, 0) is 32.4 Å². The molecule has 0 aliphatic carbocycles. The molecule has 0 saturated heterocycles. The normalized spacial score (nSPS) is 11.3. The average Bonchev–Trinajstić information content (AvgIpc) is 3.03. The van der Waals surface area contributed by atoms with Crippen LogP contribution in [-0.4, -0.2) is 16.3 Å². The van der Waals surface area contributed by atoms with Crippen molar-refractivity contribution in [2.45, 2.75) is 47.4 Å². The minimum Gasteiger partial charge on any atom is -0.482 e. The summed E-state index contributed by atoms with van der Waals surface area (Å²) in [5.41, 5.74) is 1.19. The van der Waals surface area contributed by atoms with E-state index in [1.807, 2.05) is 24.7 Å². The molecule has 0 unspecified atom stereocenters. The van der Waals surface area contributed by atoms with Crippen LogP contribution in [0.1, 0.15) is 37.9 Å². The van der Waals surface area contributed by atoms with E-state index in [4.69, 9.17) is 9.15 Å². The van der Waals surface area contributed by atoms with Gasteiger partial charge in [-0.2, -0.15) is 5.10 Å². The molecular formula is C16H25N3O2. The fourth-order valence-electron chi connectivity index (χ4n) is 2.08. The highest BCUT2D eigenvalue weighted by molar-refractivity contribution is 5.21. The van der Waals surface area contributed by atoms with Gasteiger partial charge in [0.2, 0.25) is 0 Å². The Balaban J connectivity index is 1.86. The van der Waals surface area contributed by atoms with Crippen LogP contribution in [0, 0.1) is 12.8 Å². The number of nitrogens with one attached hydrogen (secondary N) is 1. The maximum absolute atomic E-state index is 5.73. The number of hydrogen-bond acceptors (Lipinski definition) is 4. The number of aromatic nitrogens is 2. The Morgan fingerprint density at radius 3 is 2.90 bits per heavy atom. The summed E-state index contributed by atoms with van der Waals surface area (Å²) < 4.78 is 13.3. The number of ether oxygens (including phenoxy) is 1. The minimum atomic E-state index is 0.431. The van der Waals surface area contributed by atoms with Crippen molar-refractivity contribution in [1.82, 2.24) is 15.1 Å². The third-order valence-electron chi connectivity index (χ3n) is 3.25. The van der Waals surface area contributed by atoms with Gasteiger partial charge >= 0.3 is 0 Å². The molecule has 0 aromatic carbocycles. The van der Waals surface area contributed by atoms with E-state index in [1.54, 1.807) is 6.20 Å². The van der Waals surface area contributed by atoms with Crippen LogP contribution < -0.4 is 10.1 Å². The lowest BCUT2D eigenvalue weighted by atomic mass is 10.2. The van der Waals surface area contributed by atoms with Gasteiger partial charge in [0.25, 0.3) is 0 Å². The summed E-state index contributed by atoms with van der Waals surface area (Å²) in [4.78, 5) is 0. The summed E-state index contributed by atoms with van der Waals surface area (Å²) in [5, 5.41) is 7.60. The van der Waals surface area contributed by atoms with Crippen LogP contribution in [-0.2, 0) is 19.7 Å². The first-order valence-corrected chi connectivity index (χ1v) is 7.52. The zero-order valence-corrected chi connectivity index (χ0v) is 13.3. The maximum atomic E-state index is 5.73. The molecule has 5 nitrogen and oxygen atoms in total. The van der Waals surface area contributed by atoms with E-state index in [1.165, 1.54) is 5.56 Å². The lowest BCUT2D eigenvalue weighted by Crippen LogP contribution is -2.18. The van der Waals surface area contributed by atoms with Gasteiger partial charge in [-0.3, -0.25) is 4.68 Å². The fourth-order valence-corrected chi connectivity index (χ4v) is 2.08. The number of furan rings is 1. The van der Waals surface area contributed by atoms with Gasteiger partial charge in [0.05, 0.1) is 12.4 Å². The van der Waals surface area contributed by atoms with Gasteiger partial charge in [0, 0.05) is 18.7 Å². The monoisotopic (exact) mass is 291 g/mol. The molecule has 116 valence electrons. The van der Waals surface area contributed by atoms with E-state index in [2.05, 4.69) is 30.3 Å². The molecule has 0 bridgehead atoms. The molecule has 0 aliphatic heterocycles. The van der Waals surface area contributed by atoms with Crippen molar-refractivity contribution in [3.8, 4) is 5.75 Å². The van der Waals surface area contributed by atoms with Crippen molar-refractivity contribution < 1.29 is 9.15 Å². The molecule has 5 heteroatoms. The second-order valence-electron chi connectivity index (χ2n) is 5.64. The number of rotatable bonds is 8. The smallest absolute Gasteiger partial charge is 0.157 e. The van der Waals surface area contributed by atoms with Crippen molar-refractivity contribution in [2.24, 2.45) is 5.92 Å². The van der Waals surface area contributed by atoms with Crippen molar-refractivity contribution in [3.63, 3.8) is 0 Å². The third-order valence-corrected chi connectivity index (χ3v) is 3.25. The van der Waals surface area contributed by atoms with E-state index in [0.29, 0.717) is 12.5 Å². The average molecular weight is 291 g/mol. The van der Waals surface area contributed by atoms with E-state index < -0.39 is 0 Å². The number of hydrogen-bond donors (Lipinski definition) is 1. The number of aryl methyl sites for hydroxylation is 2. The van der Waals surface area contributed by atoms with Crippen LogP contribution >= 0.6 is 0 Å². The highest BCUT2D eigenvalue weighted by Gasteiger charge is 2.08. The lowest BCUT2D eigenvalue weighted by molar-refractivity contribution is 0.267. The maximum Gasteiger partial charge on any atom is 0.157 e. The van der Waals surface area contributed by atoms with Gasteiger partial charge in [0.1, 0.15) is 18.1 Å². The second-order valence-corrected chi connectivity index (χ2v) is 5.64. The van der Waals surface area contributed by atoms with Crippen molar-refractivity contribution >= 4 is 0 Å². The third kappa shape index (κ3) is 4.63. The van der Waals surface area contributed by atoms with Crippen LogP contribution in [0.25, 0.3) is 0 Å². The molecule has 2 heterocycles. The molecule has 0 fully saturated rings.